The van der Waals surface area contributed by atoms with Gasteiger partial charge in [0.2, 0.25) is 0 Å². The van der Waals surface area contributed by atoms with Gasteiger partial charge in [-0.1, -0.05) is 11.6 Å². The fourth-order valence-corrected chi connectivity index (χ4v) is 1.78. The van der Waals surface area contributed by atoms with Crippen molar-refractivity contribution >= 4 is 29.3 Å². The monoisotopic (exact) mass is 314 g/mol. The van der Waals surface area contributed by atoms with Gasteiger partial charge in [0.1, 0.15) is 5.75 Å². The number of anilines is 1. The maximum Gasteiger partial charge on any atom is 0.319 e. The first-order valence-electron chi connectivity index (χ1n) is 6.50. The molecule has 0 unspecified atom stereocenters. The Morgan fingerprint density at radius 1 is 1.33 bits per heavy atom. The van der Waals surface area contributed by atoms with Crippen LogP contribution in [0.5, 0.6) is 5.75 Å². The molecule has 0 atom stereocenters. The molecule has 0 spiro atoms. The Labute approximate surface area is 128 Å². The van der Waals surface area contributed by atoms with Gasteiger partial charge >= 0.3 is 12.0 Å². The number of carbonyl (C=O) groups is 2. The molecule has 0 bridgehead atoms. The van der Waals surface area contributed by atoms with E-state index in [-0.39, 0.29) is 25.0 Å². The van der Waals surface area contributed by atoms with Crippen LogP contribution in [0.15, 0.2) is 18.2 Å². The van der Waals surface area contributed by atoms with Crippen LogP contribution in [0, 0.1) is 0 Å². The zero-order chi connectivity index (χ0) is 15.8. The molecule has 1 rings (SSSR count). The van der Waals surface area contributed by atoms with Crippen molar-refractivity contribution in [2.45, 2.75) is 26.4 Å². The average Bonchev–Trinajstić information content (AvgIpc) is 2.38. The van der Waals surface area contributed by atoms with Crippen molar-refractivity contribution in [3.8, 4) is 5.75 Å². The number of methoxy groups -OCH3 is 1. The summed E-state index contributed by atoms with van der Waals surface area (Å²) in [6.45, 7) is 3.73. The lowest BCUT2D eigenvalue weighted by Gasteiger charge is -2.10. The van der Waals surface area contributed by atoms with E-state index < -0.39 is 6.03 Å². The molecule has 2 N–H and O–H groups in total. The number of nitrogens with one attached hydrogen (secondary N) is 2. The molecule has 0 aliphatic carbocycles. The van der Waals surface area contributed by atoms with Crippen molar-refractivity contribution in [3.63, 3.8) is 0 Å². The van der Waals surface area contributed by atoms with E-state index in [1.54, 1.807) is 32.0 Å². The summed E-state index contributed by atoms with van der Waals surface area (Å²) in [5.41, 5.74) is 0.531. The Kier molecular flexibility index (Phi) is 6.81. The number of hydrogen-bond acceptors (Lipinski definition) is 4. The molecule has 1 aromatic carbocycles. The normalized spacial score (nSPS) is 10.1. The summed E-state index contributed by atoms with van der Waals surface area (Å²) in [6, 6.07) is 4.47. The molecule has 0 aliphatic rings. The van der Waals surface area contributed by atoms with Gasteiger partial charge in [-0.05, 0) is 32.0 Å². The fourth-order valence-electron chi connectivity index (χ4n) is 1.52. The van der Waals surface area contributed by atoms with Gasteiger partial charge in [-0.3, -0.25) is 4.79 Å². The number of ether oxygens (including phenoxy) is 2. The molecular formula is C14H19ClN2O4. The highest BCUT2D eigenvalue weighted by molar-refractivity contribution is 6.32. The SMILES string of the molecule is COc1ccc(NC(=O)NCCC(=O)OC(C)C)cc1Cl. The first kappa shape index (κ1) is 17.1. The van der Waals surface area contributed by atoms with Gasteiger partial charge in [0, 0.05) is 12.2 Å². The molecular weight excluding hydrogens is 296 g/mol. The summed E-state index contributed by atoms with van der Waals surface area (Å²) in [5, 5.41) is 5.56. The van der Waals surface area contributed by atoms with Gasteiger partial charge in [-0.25, -0.2) is 4.79 Å². The summed E-state index contributed by atoms with van der Waals surface area (Å²) < 4.78 is 9.97. The Balaban J connectivity index is 2.37. The Morgan fingerprint density at radius 2 is 2.05 bits per heavy atom. The Hall–Kier alpha value is -1.95. The van der Waals surface area contributed by atoms with E-state index in [1.165, 1.54) is 7.11 Å². The number of hydrogen-bond donors (Lipinski definition) is 2. The summed E-state index contributed by atoms with van der Waals surface area (Å²) in [6.07, 6.45) is -0.0395. The molecule has 0 aliphatic heterocycles. The zero-order valence-corrected chi connectivity index (χ0v) is 13.0. The second-order valence-electron chi connectivity index (χ2n) is 4.52. The Bertz CT molecular complexity index is 506. The van der Waals surface area contributed by atoms with Gasteiger partial charge in [-0.15, -0.1) is 0 Å². The zero-order valence-electron chi connectivity index (χ0n) is 12.2. The smallest absolute Gasteiger partial charge is 0.319 e. The predicted molar refractivity (Wildman–Crippen MR) is 80.9 cm³/mol. The lowest BCUT2D eigenvalue weighted by molar-refractivity contribution is -0.147. The molecule has 0 saturated heterocycles. The molecule has 6 nitrogen and oxygen atoms in total. The van der Waals surface area contributed by atoms with Gasteiger partial charge in [0.05, 0.1) is 24.7 Å². The molecule has 116 valence electrons. The van der Waals surface area contributed by atoms with E-state index in [9.17, 15) is 9.59 Å². The van der Waals surface area contributed by atoms with Crippen LogP contribution in [-0.2, 0) is 9.53 Å². The third-order valence-electron chi connectivity index (χ3n) is 2.39. The van der Waals surface area contributed by atoms with Crippen LogP contribution >= 0.6 is 11.6 Å². The van der Waals surface area contributed by atoms with Crippen molar-refractivity contribution < 1.29 is 19.1 Å². The molecule has 0 saturated carbocycles. The summed E-state index contributed by atoms with van der Waals surface area (Å²) in [4.78, 5) is 22.9. The van der Waals surface area contributed by atoms with E-state index in [0.717, 1.165) is 0 Å². The Morgan fingerprint density at radius 3 is 2.62 bits per heavy atom. The third kappa shape index (κ3) is 6.35. The summed E-state index contributed by atoms with van der Waals surface area (Å²) in [7, 11) is 1.51. The lowest BCUT2D eigenvalue weighted by Crippen LogP contribution is -2.31. The van der Waals surface area contributed by atoms with Crippen LogP contribution in [0.2, 0.25) is 5.02 Å². The molecule has 21 heavy (non-hydrogen) atoms. The van der Waals surface area contributed by atoms with Gasteiger partial charge < -0.3 is 20.1 Å². The van der Waals surface area contributed by atoms with Crippen LogP contribution in [0.25, 0.3) is 0 Å². The number of rotatable bonds is 6. The number of urea groups is 1. The summed E-state index contributed by atoms with van der Waals surface area (Å²) >= 11 is 5.95. The largest absolute Gasteiger partial charge is 0.495 e. The maximum absolute atomic E-state index is 11.6. The highest BCUT2D eigenvalue weighted by Crippen LogP contribution is 2.27. The van der Waals surface area contributed by atoms with Gasteiger partial charge in [0.15, 0.2) is 0 Å². The molecule has 0 radical (unpaired) electrons. The van der Waals surface area contributed by atoms with E-state index in [1.807, 2.05) is 0 Å². The van der Waals surface area contributed by atoms with Gasteiger partial charge in [0.25, 0.3) is 0 Å². The second-order valence-corrected chi connectivity index (χ2v) is 4.93. The van der Waals surface area contributed by atoms with E-state index in [0.29, 0.717) is 16.5 Å². The van der Waals surface area contributed by atoms with Crippen molar-refractivity contribution in [1.82, 2.24) is 5.32 Å². The number of benzene rings is 1. The summed E-state index contributed by atoms with van der Waals surface area (Å²) in [5.74, 6) is 0.178. The molecule has 2 amide bonds. The van der Waals surface area contributed by atoms with Crippen LogP contribution in [-0.4, -0.2) is 31.8 Å². The molecule has 0 fully saturated rings. The highest BCUT2D eigenvalue weighted by atomic mass is 35.5. The van der Waals surface area contributed by atoms with Crippen LogP contribution in [0.4, 0.5) is 10.5 Å². The third-order valence-corrected chi connectivity index (χ3v) is 2.69. The van der Waals surface area contributed by atoms with E-state index in [4.69, 9.17) is 21.1 Å². The average molecular weight is 315 g/mol. The van der Waals surface area contributed by atoms with Crippen molar-refractivity contribution in [2.24, 2.45) is 0 Å². The van der Waals surface area contributed by atoms with Crippen LogP contribution in [0.3, 0.4) is 0 Å². The number of amides is 2. The van der Waals surface area contributed by atoms with Crippen molar-refractivity contribution in [3.05, 3.63) is 23.2 Å². The number of halogens is 1. The molecule has 0 aromatic heterocycles. The minimum Gasteiger partial charge on any atom is -0.495 e. The minimum atomic E-state index is -0.423. The maximum atomic E-state index is 11.6. The van der Waals surface area contributed by atoms with E-state index >= 15 is 0 Å². The topological polar surface area (TPSA) is 76.7 Å². The first-order chi connectivity index (χ1) is 9.92. The quantitative estimate of drug-likeness (QED) is 0.792. The number of carbonyl (C=O) groups excluding carboxylic acids is 2. The van der Waals surface area contributed by atoms with Crippen molar-refractivity contribution in [1.29, 1.82) is 0 Å². The van der Waals surface area contributed by atoms with E-state index in [2.05, 4.69) is 10.6 Å². The molecule has 1 aromatic rings. The first-order valence-corrected chi connectivity index (χ1v) is 6.88. The molecule has 7 heteroatoms. The van der Waals surface area contributed by atoms with Crippen LogP contribution in [0.1, 0.15) is 20.3 Å². The van der Waals surface area contributed by atoms with Crippen molar-refractivity contribution in [2.75, 3.05) is 19.0 Å². The molecule has 0 heterocycles. The minimum absolute atomic E-state index is 0.120. The fraction of sp³-hybridized carbons (Fsp3) is 0.429. The lowest BCUT2D eigenvalue weighted by atomic mass is 10.3. The van der Waals surface area contributed by atoms with Gasteiger partial charge in [-0.2, -0.15) is 0 Å². The second kappa shape index (κ2) is 8.36. The number of esters is 1. The predicted octanol–water partition coefficient (Wildman–Crippen LogP) is 2.81. The van der Waals surface area contributed by atoms with Crippen LogP contribution < -0.4 is 15.4 Å². The standard InChI is InChI=1S/C14H19ClN2O4/c1-9(2)21-13(18)6-7-16-14(19)17-10-4-5-12(20-3)11(15)8-10/h4-5,8-9H,6-7H2,1-3H3,(H2,16,17,19). The highest BCUT2D eigenvalue weighted by Gasteiger charge is 2.08.